The molecule has 11 heteroatoms. The van der Waals surface area contributed by atoms with E-state index in [0.29, 0.717) is 25.2 Å². The zero-order valence-corrected chi connectivity index (χ0v) is 21.5. The predicted molar refractivity (Wildman–Crippen MR) is 141 cm³/mol. The van der Waals surface area contributed by atoms with Crippen LogP contribution in [0.25, 0.3) is 33.1 Å². The van der Waals surface area contributed by atoms with Crippen molar-refractivity contribution in [3.63, 3.8) is 0 Å². The number of anilines is 1. The minimum atomic E-state index is -3.09. The second kappa shape index (κ2) is 9.13. The number of piperazine rings is 1. The van der Waals surface area contributed by atoms with Gasteiger partial charge in [-0.15, -0.1) is 0 Å². The highest BCUT2D eigenvalue weighted by Crippen LogP contribution is 2.34. The summed E-state index contributed by atoms with van der Waals surface area (Å²) in [7, 11) is -1.17. The minimum Gasteiger partial charge on any atom is -0.367 e. The summed E-state index contributed by atoms with van der Waals surface area (Å²) in [6, 6.07) is 7.25. The molecule has 36 heavy (non-hydrogen) atoms. The largest absolute Gasteiger partial charge is 0.367 e. The van der Waals surface area contributed by atoms with Crippen molar-refractivity contribution in [1.82, 2.24) is 33.9 Å². The molecule has 3 aromatic heterocycles. The number of fused-ring (bicyclic) bond motifs is 3. The molecule has 1 aliphatic heterocycles. The Labute approximate surface area is 210 Å². The monoisotopic (exact) mass is 508 g/mol. The Morgan fingerprint density at radius 2 is 1.81 bits per heavy atom. The van der Waals surface area contributed by atoms with Crippen molar-refractivity contribution in [2.24, 2.45) is 7.05 Å². The Morgan fingerprint density at radius 3 is 2.50 bits per heavy atom. The molecular formula is C25H32N8O2S. The Hall–Kier alpha value is -3.02. The second-order valence-corrected chi connectivity index (χ2v) is 12.1. The molecule has 2 fully saturated rings. The van der Waals surface area contributed by atoms with Crippen molar-refractivity contribution in [3.05, 3.63) is 36.9 Å². The molecule has 1 aromatic carbocycles. The highest BCUT2D eigenvalue weighted by molar-refractivity contribution is 7.88. The third-order valence-corrected chi connectivity index (χ3v) is 9.03. The molecule has 0 unspecified atom stereocenters. The van der Waals surface area contributed by atoms with Crippen LogP contribution in [0.3, 0.4) is 0 Å². The van der Waals surface area contributed by atoms with Crippen LogP contribution >= 0.6 is 0 Å². The molecule has 4 aromatic rings. The van der Waals surface area contributed by atoms with E-state index in [1.165, 1.54) is 6.26 Å². The maximum absolute atomic E-state index is 11.8. The lowest BCUT2D eigenvalue weighted by Crippen LogP contribution is -2.52. The first-order chi connectivity index (χ1) is 17.3. The van der Waals surface area contributed by atoms with Crippen LogP contribution in [0.2, 0.25) is 0 Å². The van der Waals surface area contributed by atoms with Crippen LogP contribution in [0.5, 0.6) is 0 Å². The molecule has 0 spiro atoms. The molecule has 190 valence electrons. The zero-order valence-electron chi connectivity index (χ0n) is 20.7. The van der Waals surface area contributed by atoms with Crippen LogP contribution in [-0.4, -0.2) is 86.9 Å². The predicted octanol–water partition coefficient (Wildman–Crippen LogP) is 2.81. The molecule has 4 heterocycles. The number of aromatic amines is 1. The van der Waals surface area contributed by atoms with E-state index in [1.807, 2.05) is 24.1 Å². The first-order valence-electron chi connectivity index (χ1n) is 12.6. The molecule has 0 amide bonds. The molecule has 1 saturated heterocycles. The van der Waals surface area contributed by atoms with E-state index in [4.69, 9.17) is 0 Å². The van der Waals surface area contributed by atoms with Crippen molar-refractivity contribution in [2.75, 3.05) is 37.8 Å². The number of rotatable bonds is 5. The Morgan fingerprint density at radius 1 is 1.03 bits per heavy atom. The van der Waals surface area contributed by atoms with Crippen molar-refractivity contribution < 1.29 is 8.42 Å². The first-order valence-corrected chi connectivity index (χ1v) is 14.4. The van der Waals surface area contributed by atoms with Crippen LogP contribution in [0.4, 0.5) is 5.82 Å². The Kier molecular flexibility index (Phi) is 5.93. The second-order valence-electron chi connectivity index (χ2n) is 10.1. The average molecular weight is 509 g/mol. The number of hydrogen-bond donors (Lipinski definition) is 2. The lowest BCUT2D eigenvalue weighted by Gasteiger charge is -2.41. The van der Waals surface area contributed by atoms with Gasteiger partial charge < -0.3 is 10.3 Å². The van der Waals surface area contributed by atoms with Gasteiger partial charge in [0.1, 0.15) is 17.8 Å². The van der Waals surface area contributed by atoms with Gasteiger partial charge in [0.15, 0.2) is 0 Å². The summed E-state index contributed by atoms with van der Waals surface area (Å²) in [4.78, 5) is 15.0. The average Bonchev–Trinajstić information content (AvgIpc) is 3.47. The smallest absolute Gasteiger partial charge is 0.211 e. The third kappa shape index (κ3) is 4.46. The van der Waals surface area contributed by atoms with Gasteiger partial charge in [-0.2, -0.15) is 9.40 Å². The van der Waals surface area contributed by atoms with Crippen LogP contribution in [-0.2, 0) is 17.1 Å². The van der Waals surface area contributed by atoms with Gasteiger partial charge in [-0.3, -0.25) is 9.58 Å². The van der Waals surface area contributed by atoms with Crippen LogP contribution in [0.1, 0.15) is 25.7 Å². The van der Waals surface area contributed by atoms with Crippen molar-refractivity contribution in [3.8, 4) is 11.1 Å². The fourth-order valence-corrected chi connectivity index (χ4v) is 6.59. The molecule has 6 rings (SSSR count). The number of nitrogens with zero attached hydrogens (tertiary/aromatic N) is 6. The third-order valence-electron chi connectivity index (χ3n) is 7.72. The molecule has 2 aliphatic rings. The maximum Gasteiger partial charge on any atom is 0.211 e. The van der Waals surface area contributed by atoms with E-state index in [0.717, 1.165) is 77.7 Å². The fourth-order valence-electron chi connectivity index (χ4n) is 5.76. The molecule has 1 aliphatic carbocycles. The molecule has 10 nitrogen and oxygen atoms in total. The minimum absolute atomic E-state index is 0.350. The summed E-state index contributed by atoms with van der Waals surface area (Å²) in [6.45, 7) is 2.82. The van der Waals surface area contributed by atoms with Crippen LogP contribution in [0, 0.1) is 0 Å². The number of aryl methyl sites for hydroxylation is 1. The zero-order chi connectivity index (χ0) is 24.9. The molecule has 0 atom stereocenters. The summed E-state index contributed by atoms with van der Waals surface area (Å²) in [5.74, 6) is 0.875. The number of aromatic nitrogens is 5. The Bertz CT molecular complexity index is 1500. The van der Waals surface area contributed by atoms with Gasteiger partial charge in [0.25, 0.3) is 0 Å². The highest BCUT2D eigenvalue weighted by Gasteiger charge is 2.31. The first kappa shape index (κ1) is 23.4. The van der Waals surface area contributed by atoms with Crippen molar-refractivity contribution in [2.45, 2.75) is 37.8 Å². The number of nitrogens with one attached hydrogen (secondary N) is 2. The number of hydrogen-bond acceptors (Lipinski definition) is 7. The summed E-state index contributed by atoms with van der Waals surface area (Å²) in [5.41, 5.74) is 4.07. The standard InChI is InChI=1S/C25H32N8O2S/c1-31-15-18(14-28-31)17-3-8-22-21(13-17)23-24(26-16-27-25(23)30-22)29-19-4-6-20(7-5-19)32-9-11-33(12-10-32)36(2,34)35/h3,8,13-16,19-20H,4-7,9-12H2,1-2H3,(H2,26,27,29,30). The molecule has 0 radical (unpaired) electrons. The molecule has 1 saturated carbocycles. The quantitative estimate of drug-likeness (QED) is 0.426. The normalized spacial score (nSPS) is 22.4. The highest BCUT2D eigenvalue weighted by atomic mass is 32.2. The van der Waals surface area contributed by atoms with Gasteiger partial charge in [0, 0.05) is 68.0 Å². The summed E-state index contributed by atoms with van der Waals surface area (Å²) in [6.07, 6.45) is 11.1. The van der Waals surface area contributed by atoms with Gasteiger partial charge in [-0.05, 0) is 43.4 Å². The Balaban J connectivity index is 1.17. The number of benzene rings is 1. The topological polar surface area (TPSA) is 112 Å². The number of H-pyrrole nitrogens is 1. The van der Waals surface area contributed by atoms with Crippen LogP contribution in [0.15, 0.2) is 36.9 Å². The molecule has 2 N–H and O–H groups in total. The summed E-state index contributed by atoms with van der Waals surface area (Å²) >= 11 is 0. The van der Waals surface area contributed by atoms with E-state index >= 15 is 0 Å². The lowest BCUT2D eigenvalue weighted by molar-refractivity contribution is 0.109. The molecule has 0 bridgehead atoms. The SMILES string of the molecule is Cn1cc(-c2ccc3[nH]c4ncnc(NC5CCC(N6CCN(S(C)(=O)=O)CC6)CC5)c4c3c2)cn1. The lowest BCUT2D eigenvalue weighted by atomic mass is 9.89. The number of sulfonamides is 1. The summed E-state index contributed by atoms with van der Waals surface area (Å²) in [5, 5.41) is 10.2. The van der Waals surface area contributed by atoms with E-state index in [9.17, 15) is 8.42 Å². The van der Waals surface area contributed by atoms with Gasteiger partial charge in [0.2, 0.25) is 10.0 Å². The van der Waals surface area contributed by atoms with Gasteiger partial charge in [0.05, 0.1) is 17.8 Å². The van der Waals surface area contributed by atoms with Crippen LogP contribution < -0.4 is 5.32 Å². The van der Waals surface area contributed by atoms with E-state index in [-0.39, 0.29) is 0 Å². The van der Waals surface area contributed by atoms with E-state index in [1.54, 1.807) is 10.6 Å². The van der Waals surface area contributed by atoms with Crippen molar-refractivity contribution in [1.29, 1.82) is 0 Å². The summed E-state index contributed by atoms with van der Waals surface area (Å²) < 4.78 is 27.0. The van der Waals surface area contributed by atoms with Crippen molar-refractivity contribution >= 4 is 37.8 Å². The van der Waals surface area contributed by atoms with Gasteiger partial charge in [-0.1, -0.05) is 6.07 Å². The van der Waals surface area contributed by atoms with E-state index in [2.05, 4.69) is 48.5 Å². The van der Waals surface area contributed by atoms with Gasteiger partial charge >= 0.3 is 0 Å². The van der Waals surface area contributed by atoms with Gasteiger partial charge in [-0.25, -0.2) is 18.4 Å². The molecular weight excluding hydrogens is 476 g/mol. The fraction of sp³-hybridized carbons (Fsp3) is 0.480. The van der Waals surface area contributed by atoms with E-state index < -0.39 is 10.0 Å². The maximum atomic E-state index is 11.8.